The van der Waals surface area contributed by atoms with Crippen molar-refractivity contribution in [2.24, 2.45) is 11.8 Å². The zero-order chi connectivity index (χ0) is 12.4. The molecule has 1 saturated carbocycles. The van der Waals surface area contributed by atoms with E-state index in [1.165, 1.54) is 24.6 Å². The van der Waals surface area contributed by atoms with Gasteiger partial charge in [-0.05, 0) is 42.9 Å². The molecule has 1 N–H and O–H groups in total. The third kappa shape index (κ3) is 2.99. The van der Waals surface area contributed by atoms with Gasteiger partial charge < -0.3 is 5.11 Å². The Kier molecular flexibility index (Phi) is 4.05. The van der Waals surface area contributed by atoms with E-state index in [4.69, 9.17) is 11.6 Å². The molecule has 17 heavy (non-hydrogen) atoms. The highest BCUT2D eigenvalue weighted by Crippen LogP contribution is 2.39. The topological polar surface area (TPSA) is 20.2 Å². The van der Waals surface area contributed by atoms with E-state index in [0.29, 0.717) is 16.5 Å². The van der Waals surface area contributed by atoms with Crippen molar-refractivity contribution >= 4 is 11.6 Å². The molecule has 0 heterocycles. The van der Waals surface area contributed by atoms with E-state index in [-0.39, 0.29) is 11.7 Å². The first-order valence-electron chi connectivity index (χ1n) is 6.21. The molecule has 3 atom stereocenters. The summed E-state index contributed by atoms with van der Waals surface area (Å²) in [4.78, 5) is 0. The van der Waals surface area contributed by atoms with E-state index in [2.05, 4.69) is 6.92 Å². The maximum atomic E-state index is 13.2. The molecule has 0 bridgehead atoms. The van der Waals surface area contributed by atoms with Crippen LogP contribution in [0.2, 0.25) is 5.02 Å². The van der Waals surface area contributed by atoms with E-state index in [1.54, 1.807) is 0 Å². The van der Waals surface area contributed by atoms with Gasteiger partial charge in [0.25, 0.3) is 0 Å². The van der Waals surface area contributed by atoms with E-state index < -0.39 is 6.10 Å². The normalized spacial score (nSPS) is 26.8. The summed E-state index contributed by atoms with van der Waals surface area (Å²) in [7, 11) is 0. The molecule has 94 valence electrons. The number of aliphatic hydroxyl groups excluding tert-OH is 1. The molecule has 1 aliphatic rings. The summed E-state index contributed by atoms with van der Waals surface area (Å²) in [6.45, 7) is 2.20. The number of benzene rings is 1. The fraction of sp³-hybridized carbons (Fsp3) is 0.571. The molecule has 2 rings (SSSR count). The highest BCUT2D eigenvalue weighted by Gasteiger charge is 2.27. The second kappa shape index (κ2) is 5.36. The molecule has 1 aromatic carbocycles. The lowest BCUT2D eigenvalue weighted by Gasteiger charge is -2.31. The molecule has 1 fully saturated rings. The van der Waals surface area contributed by atoms with Crippen molar-refractivity contribution in [3.63, 3.8) is 0 Å². The van der Waals surface area contributed by atoms with Crippen molar-refractivity contribution < 1.29 is 9.50 Å². The van der Waals surface area contributed by atoms with Crippen LogP contribution in [-0.2, 0) is 0 Å². The van der Waals surface area contributed by atoms with E-state index in [1.807, 2.05) is 0 Å². The zero-order valence-corrected chi connectivity index (χ0v) is 10.8. The largest absolute Gasteiger partial charge is 0.388 e. The summed E-state index contributed by atoms with van der Waals surface area (Å²) in [6.07, 6.45) is 3.71. The molecule has 0 spiro atoms. The van der Waals surface area contributed by atoms with E-state index in [9.17, 15) is 9.50 Å². The van der Waals surface area contributed by atoms with Gasteiger partial charge in [-0.3, -0.25) is 0 Å². The van der Waals surface area contributed by atoms with Crippen LogP contribution in [0, 0.1) is 17.7 Å². The Morgan fingerprint density at radius 3 is 2.88 bits per heavy atom. The van der Waals surface area contributed by atoms with Crippen molar-refractivity contribution in [1.82, 2.24) is 0 Å². The Labute approximate surface area is 107 Å². The highest BCUT2D eigenvalue weighted by molar-refractivity contribution is 6.31. The van der Waals surface area contributed by atoms with Crippen LogP contribution < -0.4 is 0 Å². The third-order valence-electron chi connectivity index (χ3n) is 3.70. The van der Waals surface area contributed by atoms with Crippen molar-refractivity contribution in [1.29, 1.82) is 0 Å². The SMILES string of the molecule is CC1CCCC(C(O)c2cc(F)ccc2Cl)C1. The van der Waals surface area contributed by atoms with Crippen LogP contribution in [0.3, 0.4) is 0 Å². The van der Waals surface area contributed by atoms with Gasteiger partial charge in [-0.2, -0.15) is 0 Å². The number of hydrogen-bond donors (Lipinski definition) is 1. The van der Waals surface area contributed by atoms with Gasteiger partial charge in [-0.15, -0.1) is 0 Å². The summed E-state index contributed by atoms with van der Waals surface area (Å²) in [5.41, 5.74) is 0.533. The quantitative estimate of drug-likeness (QED) is 0.835. The predicted octanol–water partition coefficient (Wildman–Crippen LogP) is 4.34. The Balaban J connectivity index is 2.18. The summed E-state index contributed by atoms with van der Waals surface area (Å²) in [6, 6.07) is 4.19. The smallest absolute Gasteiger partial charge is 0.123 e. The van der Waals surface area contributed by atoms with Crippen LogP contribution in [0.25, 0.3) is 0 Å². The molecule has 3 heteroatoms. The van der Waals surface area contributed by atoms with Crippen LogP contribution in [-0.4, -0.2) is 5.11 Å². The maximum Gasteiger partial charge on any atom is 0.123 e. The van der Waals surface area contributed by atoms with Gasteiger partial charge in [0, 0.05) is 10.6 Å². The Bertz CT molecular complexity index is 394. The monoisotopic (exact) mass is 256 g/mol. The van der Waals surface area contributed by atoms with Crippen LogP contribution >= 0.6 is 11.6 Å². The molecular formula is C14H18ClFO. The van der Waals surface area contributed by atoms with Gasteiger partial charge in [0.1, 0.15) is 5.82 Å². The van der Waals surface area contributed by atoms with Gasteiger partial charge in [0.05, 0.1) is 6.10 Å². The minimum absolute atomic E-state index is 0.207. The number of halogens is 2. The van der Waals surface area contributed by atoms with Gasteiger partial charge in [0.2, 0.25) is 0 Å². The van der Waals surface area contributed by atoms with Gasteiger partial charge >= 0.3 is 0 Å². The van der Waals surface area contributed by atoms with Crippen molar-refractivity contribution in [3.8, 4) is 0 Å². The van der Waals surface area contributed by atoms with Crippen LogP contribution in [0.15, 0.2) is 18.2 Å². The fourth-order valence-corrected chi connectivity index (χ4v) is 2.99. The molecule has 0 amide bonds. The van der Waals surface area contributed by atoms with E-state index >= 15 is 0 Å². The van der Waals surface area contributed by atoms with Gasteiger partial charge in [-0.1, -0.05) is 31.4 Å². The number of hydrogen-bond acceptors (Lipinski definition) is 1. The summed E-state index contributed by atoms with van der Waals surface area (Å²) >= 11 is 6.02. The summed E-state index contributed by atoms with van der Waals surface area (Å²) < 4.78 is 13.2. The summed E-state index contributed by atoms with van der Waals surface area (Å²) in [5, 5.41) is 10.8. The Hall–Kier alpha value is -0.600. The minimum Gasteiger partial charge on any atom is -0.388 e. The molecule has 0 saturated heterocycles. The molecule has 0 aromatic heterocycles. The number of aliphatic hydroxyl groups is 1. The average molecular weight is 257 g/mol. The molecule has 1 aliphatic carbocycles. The molecule has 3 unspecified atom stereocenters. The lowest BCUT2D eigenvalue weighted by Crippen LogP contribution is -2.20. The summed E-state index contributed by atoms with van der Waals surface area (Å²) in [5.74, 6) is 0.501. The third-order valence-corrected chi connectivity index (χ3v) is 4.04. The lowest BCUT2D eigenvalue weighted by atomic mass is 9.78. The fourth-order valence-electron chi connectivity index (χ4n) is 2.76. The maximum absolute atomic E-state index is 13.2. The Morgan fingerprint density at radius 2 is 2.18 bits per heavy atom. The first-order chi connectivity index (χ1) is 8.08. The van der Waals surface area contributed by atoms with Crippen LogP contribution in [0.5, 0.6) is 0 Å². The molecule has 0 aliphatic heterocycles. The zero-order valence-electron chi connectivity index (χ0n) is 10.00. The van der Waals surface area contributed by atoms with Crippen LogP contribution in [0.4, 0.5) is 4.39 Å². The molecular weight excluding hydrogens is 239 g/mol. The van der Waals surface area contributed by atoms with Gasteiger partial charge in [-0.25, -0.2) is 4.39 Å². The first-order valence-corrected chi connectivity index (χ1v) is 6.58. The first kappa shape index (κ1) is 12.8. The van der Waals surface area contributed by atoms with Crippen LogP contribution in [0.1, 0.15) is 44.3 Å². The lowest BCUT2D eigenvalue weighted by molar-refractivity contribution is 0.0712. The highest BCUT2D eigenvalue weighted by atomic mass is 35.5. The molecule has 0 radical (unpaired) electrons. The van der Waals surface area contributed by atoms with Crippen molar-refractivity contribution in [2.45, 2.75) is 38.7 Å². The predicted molar refractivity (Wildman–Crippen MR) is 67.5 cm³/mol. The van der Waals surface area contributed by atoms with E-state index in [0.717, 1.165) is 19.3 Å². The standard InChI is InChI=1S/C14H18ClFO/c1-9-3-2-4-10(7-9)14(17)12-8-11(16)5-6-13(12)15/h5-6,8-10,14,17H,2-4,7H2,1H3. The second-order valence-electron chi connectivity index (χ2n) is 5.14. The average Bonchev–Trinajstić information content (AvgIpc) is 2.31. The minimum atomic E-state index is -0.638. The number of rotatable bonds is 2. The molecule has 1 aromatic rings. The van der Waals surface area contributed by atoms with Crippen molar-refractivity contribution in [3.05, 3.63) is 34.6 Å². The molecule has 1 nitrogen and oxygen atoms in total. The van der Waals surface area contributed by atoms with Crippen molar-refractivity contribution in [2.75, 3.05) is 0 Å². The Morgan fingerprint density at radius 1 is 1.41 bits per heavy atom. The van der Waals surface area contributed by atoms with Gasteiger partial charge in [0.15, 0.2) is 0 Å². The second-order valence-corrected chi connectivity index (χ2v) is 5.55.